The second-order valence-corrected chi connectivity index (χ2v) is 4.59. The smallest absolute Gasteiger partial charge is 0.308 e. The first-order valence-corrected chi connectivity index (χ1v) is 5.93. The van der Waals surface area contributed by atoms with Crippen molar-refractivity contribution < 1.29 is 0 Å². The summed E-state index contributed by atoms with van der Waals surface area (Å²) < 4.78 is 2.33. The van der Waals surface area contributed by atoms with Crippen LogP contribution in [0.15, 0.2) is 21.4 Å². The lowest BCUT2D eigenvalue weighted by Crippen LogP contribution is -2.15. The highest BCUT2D eigenvalue weighted by Crippen LogP contribution is 2.16. The van der Waals surface area contributed by atoms with Gasteiger partial charge in [0.25, 0.3) is 0 Å². The van der Waals surface area contributed by atoms with Crippen LogP contribution in [-0.2, 0) is 6.54 Å². The molecule has 0 unspecified atom stereocenters. The van der Waals surface area contributed by atoms with Crippen LogP contribution >= 0.6 is 15.9 Å². The molecular weight excluding hydrogens is 270 g/mol. The number of aromatic nitrogens is 2. The maximum absolute atomic E-state index is 11.5. The molecular formula is C11H16BrN3O. The highest BCUT2D eigenvalue weighted by molar-refractivity contribution is 9.18. The molecule has 1 aromatic heterocycles. The average Bonchev–Trinajstić information content (AvgIpc) is 2.40. The molecule has 0 amide bonds. The molecule has 0 spiro atoms. The Hall–Kier alpha value is -1.10. The number of rotatable bonds is 3. The maximum Gasteiger partial charge on any atom is 0.327 e. The Morgan fingerprint density at radius 1 is 1.56 bits per heavy atom. The fourth-order valence-corrected chi connectivity index (χ4v) is 2.02. The molecule has 0 aromatic carbocycles. The highest BCUT2D eigenvalue weighted by Gasteiger charge is 2.08. The summed E-state index contributed by atoms with van der Waals surface area (Å²) in [6.45, 7) is 8.36. The molecule has 5 heteroatoms. The molecule has 1 aromatic rings. The topological polar surface area (TPSA) is 50.1 Å². The number of hydrogen-bond acceptors (Lipinski definition) is 2. The van der Waals surface area contributed by atoms with Gasteiger partial charge in [-0.2, -0.15) is 0 Å². The Morgan fingerprint density at radius 3 is 2.69 bits per heavy atom. The van der Waals surface area contributed by atoms with Crippen LogP contribution in [-0.4, -0.2) is 14.2 Å². The molecule has 4 nitrogen and oxygen atoms in total. The van der Waals surface area contributed by atoms with Crippen molar-refractivity contribution in [3.05, 3.63) is 27.8 Å². The van der Waals surface area contributed by atoms with Gasteiger partial charge in [-0.15, -0.1) is 0 Å². The van der Waals surface area contributed by atoms with Gasteiger partial charge in [0.2, 0.25) is 0 Å². The van der Waals surface area contributed by atoms with Gasteiger partial charge in [0.15, 0.2) is 5.82 Å². The van der Waals surface area contributed by atoms with Crippen LogP contribution in [0.1, 0.15) is 26.5 Å². The fraction of sp³-hybridized carbons (Fsp3) is 0.455. The van der Waals surface area contributed by atoms with E-state index in [-0.39, 0.29) is 5.69 Å². The van der Waals surface area contributed by atoms with Crippen LogP contribution in [0.25, 0.3) is 0 Å². The van der Waals surface area contributed by atoms with Crippen molar-refractivity contribution in [2.75, 3.05) is 0 Å². The third-order valence-corrected chi connectivity index (χ3v) is 2.47. The average molecular weight is 286 g/mol. The first-order valence-electron chi connectivity index (χ1n) is 5.14. The minimum atomic E-state index is -0.115. The van der Waals surface area contributed by atoms with E-state index in [1.165, 1.54) is 0 Å². The van der Waals surface area contributed by atoms with E-state index in [1.54, 1.807) is 4.57 Å². The summed E-state index contributed by atoms with van der Waals surface area (Å²) in [4.78, 5) is 18.6. The van der Waals surface area contributed by atoms with Crippen LogP contribution in [0.4, 0.5) is 5.82 Å². The van der Waals surface area contributed by atoms with E-state index in [0.717, 1.165) is 15.9 Å². The molecule has 0 bridgehead atoms. The Morgan fingerprint density at radius 2 is 2.19 bits per heavy atom. The predicted octanol–water partition coefficient (Wildman–Crippen LogP) is 2.90. The number of nitrogens with one attached hydrogen (secondary N) is 1. The number of aryl methyl sites for hydroxylation is 1. The minimum Gasteiger partial charge on any atom is -0.308 e. The first kappa shape index (κ1) is 13.0. The van der Waals surface area contributed by atoms with Crippen LogP contribution in [0, 0.1) is 6.92 Å². The number of hydrogen-bond donors (Lipinski definition) is 1. The third-order valence-electron chi connectivity index (χ3n) is 2.07. The van der Waals surface area contributed by atoms with Gasteiger partial charge in [-0.1, -0.05) is 5.57 Å². The van der Waals surface area contributed by atoms with E-state index < -0.39 is 0 Å². The van der Waals surface area contributed by atoms with E-state index >= 15 is 0 Å². The Labute approximate surface area is 103 Å². The zero-order valence-corrected chi connectivity index (χ0v) is 11.6. The summed E-state index contributed by atoms with van der Waals surface area (Å²) >= 11 is 3.37. The predicted molar refractivity (Wildman–Crippen MR) is 70.9 cm³/mol. The SMILES string of the molecule is CCn1c(/N=C(/Br)C=C(C)C)c(C)[nH]c1=O. The number of allylic oxidation sites excluding steroid dienone is 2. The molecule has 16 heavy (non-hydrogen) atoms. The molecule has 0 atom stereocenters. The lowest BCUT2D eigenvalue weighted by atomic mass is 10.3. The van der Waals surface area contributed by atoms with Crippen molar-refractivity contribution in [3.8, 4) is 0 Å². The van der Waals surface area contributed by atoms with E-state index in [2.05, 4.69) is 25.9 Å². The van der Waals surface area contributed by atoms with Gasteiger partial charge in [-0.3, -0.25) is 4.57 Å². The highest BCUT2D eigenvalue weighted by atomic mass is 79.9. The van der Waals surface area contributed by atoms with Crippen molar-refractivity contribution in [2.24, 2.45) is 4.99 Å². The van der Waals surface area contributed by atoms with Crippen LogP contribution in [0.5, 0.6) is 0 Å². The van der Waals surface area contributed by atoms with E-state index in [4.69, 9.17) is 0 Å². The molecule has 1 heterocycles. The van der Waals surface area contributed by atoms with Gasteiger partial charge < -0.3 is 4.98 Å². The second-order valence-electron chi connectivity index (χ2n) is 3.78. The second kappa shape index (κ2) is 5.30. The van der Waals surface area contributed by atoms with Gasteiger partial charge in [-0.25, -0.2) is 9.79 Å². The number of halogens is 1. The van der Waals surface area contributed by atoms with Crippen molar-refractivity contribution in [1.29, 1.82) is 0 Å². The Balaban J connectivity index is 3.24. The molecule has 1 N–H and O–H groups in total. The lowest BCUT2D eigenvalue weighted by Gasteiger charge is -2.00. The Bertz CT molecular complexity index is 490. The normalized spacial score (nSPS) is 11.7. The molecule has 88 valence electrons. The van der Waals surface area contributed by atoms with Gasteiger partial charge in [0.05, 0.1) is 5.69 Å². The molecule has 0 aliphatic carbocycles. The monoisotopic (exact) mass is 285 g/mol. The van der Waals surface area contributed by atoms with E-state index in [1.807, 2.05) is 33.8 Å². The van der Waals surface area contributed by atoms with Crippen molar-refractivity contribution in [2.45, 2.75) is 34.2 Å². The molecule has 0 aliphatic heterocycles. The van der Waals surface area contributed by atoms with Crippen LogP contribution in [0.3, 0.4) is 0 Å². The molecule has 0 radical (unpaired) electrons. The fourth-order valence-electron chi connectivity index (χ4n) is 1.39. The van der Waals surface area contributed by atoms with Gasteiger partial charge in [0.1, 0.15) is 4.62 Å². The maximum atomic E-state index is 11.5. The number of nitrogens with zero attached hydrogens (tertiary/aromatic N) is 2. The van der Waals surface area contributed by atoms with Crippen LogP contribution in [0.2, 0.25) is 0 Å². The number of imidazole rings is 1. The largest absolute Gasteiger partial charge is 0.327 e. The molecule has 0 fully saturated rings. The quantitative estimate of drug-likeness (QED) is 0.853. The van der Waals surface area contributed by atoms with Crippen molar-refractivity contribution >= 4 is 26.4 Å². The summed E-state index contributed by atoms with van der Waals surface area (Å²) in [5.74, 6) is 0.678. The van der Waals surface area contributed by atoms with E-state index in [9.17, 15) is 4.79 Å². The standard InChI is InChI=1S/C11H16BrN3O/c1-5-15-10(8(4)13-11(15)16)14-9(12)6-7(2)3/h6H,5H2,1-4H3,(H,13,16)/b14-9+. The first-order chi connectivity index (χ1) is 7.45. The summed E-state index contributed by atoms with van der Waals surface area (Å²) in [6.07, 6.45) is 1.91. The summed E-state index contributed by atoms with van der Waals surface area (Å²) in [6, 6.07) is 0. The molecule has 0 aliphatic rings. The molecule has 0 saturated carbocycles. The van der Waals surface area contributed by atoms with Crippen molar-refractivity contribution in [1.82, 2.24) is 9.55 Å². The zero-order chi connectivity index (χ0) is 12.3. The number of H-pyrrole nitrogens is 1. The summed E-state index contributed by atoms with van der Waals surface area (Å²) in [5, 5.41) is 0. The van der Waals surface area contributed by atoms with Crippen LogP contribution < -0.4 is 5.69 Å². The number of aliphatic imine (C=N–C) groups is 1. The van der Waals surface area contributed by atoms with Gasteiger partial charge >= 0.3 is 5.69 Å². The number of aromatic amines is 1. The van der Waals surface area contributed by atoms with Crippen molar-refractivity contribution in [3.63, 3.8) is 0 Å². The minimum absolute atomic E-state index is 0.115. The van der Waals surface area contributed by atoms with E-state index in [0.29, 0.717) is 12.4 Å². The Kier molecular flexibility index (Phi) is 4.29. The zero-order valence-electron chi connectivity index (χ0n) is 9.97. The summed E-state index contributed by atoms with van der Waals surface area (Å²) in [7, 11) is 0. The van der Waals surface area contributed by atoms with Gasteiger partial charge in [0, 0.05) is 6.54 Å². The van der Waals surface area contributed by atoms with Gasteiger partial charge in [-0.05, 0) is 49.7 Å². The summed E-state index contributed by atoms with van der Waals surface area (Å²) in [5.41, 5.74) is 1.82. The third kappa shape index (κ3) is 2.95. The molecule has 0 saturated heterocycles. The molecule has 1 rings (SSSR count). The lowest BCUT2D eigenvalue weighted by molar-refractivity contribution is 0.733.